The van der Waals surface area contributed by atoms with Crippen LogP contribution in [-0.2, 0) is 0 Å². The fourth-order valence-corrected chi connectivity index (χ4v) is 3.37. The zero-order valence-corrected chi connectivity index (χ0v) is 14.2. The summed E-state index contributed by atoms with van der Waals surface area (Å²) in [4.78, 5) is 19.1. The van der Waals surface area contributed by atoms with Gasteiger partial charge in [0, 0.05) is 37.1 Å². The molecule has 128 valence electrons. The molecular formula is C19H21N5O. The van der Waals surface area contributed by atoms with E-state index in [1.807, 2.05) is 48.0 Å². The second-order valence-electron chi connectivity index (χ2n) is 6.47. The van der Waals surface area contributed by atoms with Crippen LogP contribution in [0.5, 0.6) is 0 Å². The van der Waals surface area contributed by atoms with E-state index in [4.69, 9.17) is 0 Å². The number of amides is 1. The first-order chi connectivity index (χ1) is 12.2. The molecule has 0 atom stereocenters. The van der Waals surface area contributed by atoms with E-state index in [1.165, 1.54) is 0 Å². The van der Waals surface area contributed by atoms with Gasteiger partial charge in [-0.2, -0.15) is 5.10 Å². The van der Waals surface area contributed by atoms with E-state index in [0.29, 0.717) is 5.56 Å². The van der Waals surface area contributed by atoms with Crippen molar-refractivity contribution in [1.29, 1.82) is 0 Å². The Morgan fingerprint density at radius 3 is 2.72 bits per heavy atom. The number of aromatic nitrogens is 3. The first kappa shape index (κ1) is 15.6. The Morgan fingerprint density at radius 2 is 1.96 bits per heavy atom. The van der Waals surface area contributed by atoms with Crippen molar-refractivity contribution >= 4 is 17.2 Å². The molecule has 1 N–H and O–H groups in total. The van der Waals surface area contributed by atoms with Gasteiger partial charge in [-0.3, -0.25) is 4.79 Å². The topological polar surface area (TPSA) is 62.5 Å². The third kappa shape index (κ3) is 3.20. The van der Waals surface area contributed by atoms with Crippen LogP contribution in [0.25, 0.3) is 5.52 Å². The third-order valence-corrected chi connectivity index (χ3v) is 4.66. The summed E-state index contributed by atoms with van der Waals surface area (Å²) >= 11 is 0. The number of nitrogens with zero attached hydrogens (tertiary/aromatic N) is 4. The number of fused-ring (bicyclic) bond motifs is 1. The Balaban J connectivity index is 1.42. The van der Waals surface area contributed by atoms with Gasteiger partial charge in [-0.25, -0.2) is 9.50 Å². The molecule has 6 heteroatoms. The molecule has 1 aliphatic rings. The highest BCUT2D eigenvalue weighted by atomic mass is 16.1. The minimum Gasteiger partial charge on any atom is -0.355 e. The number of aryl methyl sites for hydroxylation is 1. The van der Waals surface area contributed by atoms with Gasteiger partial charge in [-0.1, -0.05) is 18.2 Å². The zero-order valence-electron chi connectivity index (χ0n) is 14.2. The molecular weight excluding hydrogens is 314 g/mol. The minimum atomic E-state index is 0.00527. The molecule has 0 bridgehead atoms. The molecule has 0 saturated carbocycles. The van der Waals surface area contributed by atoms with E-state index in [-0.39, 0.29) is 11.9 Å². The lowest BCUT2D eigenvalue weighted by Gasteiger charge is -2.33. The predicted octanol–water partition coefficient (Wildman–Crippen LogP) is 2.44. The maximum absolute atomic E-state index is 12.3. The van der Waals surface area contributed by atoms with E-state index in [0.717, 1.165) is 43.0 Å². The molecule has 1 aromatic carbocycles. The van der Waals surface area contributed by atoms with Crippen molar-refractivity contribution in [2.75, 3.05) is 18.0 Å². The first-order valence-electron chi connectivity index (χ1n) is 8.62. The summed E-state index contributed by atoms with van der Waals surface area (Å²) in [6.45, 7) is 3.73. The van der Waals surface area contributed by atoms with Crippen LogP contribution in [0.2, 0.25) is 0 Å². The third-order valence-electron chi connectivity index (χ3n) is 4.66. The predicted molar refractivity (Wildman–Crippen MR) is 96.9 cm³/mol. The van der Waals surface area contributed by atoms with Gasteiger partial charge in [0.1, 0.15) is 5.52 Å². The normalized spacial score (nSPS) is 15.5. The fraction of sp³-hybridized carbons (Fsp3) is 0.316. The lowest BCUT2D eigenvalue weighted by atomic mass is 10.0. The standard InChI is InChI=1S/C19H21N5O/c1-14-13-17-18(20-9-12-24(17)22-14)23-10-7-16(8-11-23)21-19(25)15-5-3-2-4-6-15/h2-6,9,12-13,16H,7-8,10-11H2,1H3,(H,21,25). The van der Waals surface area contributed by atoms with Gasteiger partial charge in [0.25, 0.3) is 5.91 Å². The highest BCUT2D eigenvalue weighted by Crippen LogP contribution is 2.23. The fourth-order valence-electron chi connectivity index (χ4n) is 3.37. The molecule has 25 heavy (non-hydrogen) atoms. The van der Waals surface area contributed by atoms with Crippen molar-refractivity contribution in [2.45, 2.75) is 25.8 Å². The van der Waals surface area contributed by atoms with Crippen molar-refractivity contribution < 1.29 is 4.79 Å². The molecule has 1 fully saturated rings. The maximum Gasteiger partial charge on any atom is 0.251 e. The summed E-state index contributed by atoms with van der Waals surface area (Å²) in [6, 6.07) is 11.6. The monoisotopic (exact) mass is 335 g/mol. The molecule has 0 aliphatic carbocycles. The molecule has 1 amide bonds. The van der Waals surface area contributed by atoms with Gasteiger partial charge in [-0.05, 0) is 38.0 Å². The Labute approximate surface area is 146 Å². The highest BCUT2D eigenvalue weighted by molar-refractivity contribution is 5.94. The largest absolute Gasteiger partial charge is 0.355 e. The second-order valence-corrected chi connectivity index (χ2v) is 6.47. The van der Waals surface area contributed by atoms with E-state index >= 15 is 0 Å². The maximum atomic E-state index is 12.3. The zero-order chi connectivity index (χ0) is 17.2. The number of hydrogen-bond acceptors (Lipinski definition) is 4. The molecule has 1 aliphatic heterocycles. The quantitative estimate of drug-likeness (QED) is 0.798. The number of benzene rings is 1. The molecule has 0 unspecified atom stereocenters. The number of piperidine rings is 1. The second kappa shape index (κ2) is 6.55. The molecule has 3 heterocycles. The van der Waals surface area contributed by atoms with Gasteiger partial charge < -0.3 is 10.2 Å². The number of hydrogen-bond donors (Lipinski definition) is 1. The lowest BCUT2D eigenvalue weighted by molar-refractivity contribution is 0.0931. The van der Waals surface area contributed by atoms with Gasteiger partial charge in [0.05, 0.1) is 5.69 Å². The molecule has 6 nitrogen and oxygen atoms in total. The van der Waals surface area contributed by atoms with E-state index in [1.54, 1.807) is 6.20 Å². The summed E-state index contributed by atoms with van der Waals surface area (Å²) < 4.78 is 1.88. The summed E-state index contributed by atoms with van der Waals surface area (Å²) in [5.41, 5.74) is 2.73. The highest BCUT2D eigenvalue weighted by Gasteiger charge is 2.23. The lowest BCUT2D eigenvalue weighted by Crippen LogP contribution is -2.45. The van der Waals surface area contributed by atoms with Gasteiger partial charge >= 0.3 is 0 Å². The molecule has 0 spiro atoms. The average molecular weight is 335 g/mol. The van der Waals surface area contributed by atoms with Crippen molar-refractivity contribution in [3.63, 3.8) is 0 Å². The minimum absolute atomic E-state index is 0.00527. The SMILES string of the molecule is Cc1cc2c(N3CCC(NC(=O)c4ccccc4)CC3)nccn2n1. The Morgan fingerprint density at radius 1 is 1.20 bits per heavy atom. The van der Waals surface area contributed by atoms with Crippen molar-refractivity contribution in [3.8, 4) is 0 Å². The van der Waals surface area contributed by atoms with Crippen molar-refractivity contribution in [1.82, 2.24) is 19.9 Å². The van der Waals surface area contributed by atoms with Crippen LogP contribution in [0.3, 0.4) is 0 Å². The molecule has 2 aromatic heterocycles. The van der Waals surface area contributed by atoms with Crippen LogP contribution in [0, 0.1) is 6.92 Å². The van der Waals surface area contributed by atoms with Crippen LogP contribution in [0.15, 0.2) is 48.8 Å². The van der Waals surface area contributed by atoms with Gasteiger partial charge in [0.15, 0.2) is 5.82 Å². The molecule has 1 saturated heterocycles. The smallest absolute Gasteiger partial charge is 0.251 e. The summed E-state index contributed by atoms with van der Waals surface area (Å²) in [5.74, 6) is 0.974. The van der Waals surface area contributed by atoms with Crippen LogP contribution < -0.4 is 10.2 Å². The van der Waals surface area contributed by atoms with E-state index in [2.05, 4.69) is 26.4 Å². The Kier molecular flexibility index (Phi) is 4.09. The molecule has 3 aromatic rings. The molecule has 4 rings (SSSR count). The van der Waals surface area contributed by atoms with Crippen LogP contribution in [0.1, 0.15) is 28.9 Å². The first-order valence-corrected chi connectivity index (χ1v) is 8.62. The van der Waals surface area contributed by atoms with E-state index < -0.39 is 0 Å². The Bertz CT molecular complexity index is 881. The van der Waals surface area contributed by atoms with Gasteiger partial charge in [-0.15, -0.1) is 0 Å². The van der Waals surface area contributed by atoms with Gasteiger partial charge in [0.2, 0.25) is 0 Å². The number of nitrogens with one attached hydrogen (secondary N) is 1. The van der Waals surface area contributed by atoms with E-state index in [9.17, 15) is 4.79 Å². The number of carbonyl (C=O) groups is 1. The summed E-state index contributed by atoms with van der Waals surface area (Å²) in [6.07, 6.45) is 5.49. The number of carbonyl (C=O) groups excluding carboxylic acids is 1. The average Bonchev–Trinajstić information content (AvgIpc) is 3.03. The van der Waals surface area contributed by atoms with Crippen LogP contribution in [-0.4, -0.2) is 39.6 Å². The number of rotatable bonds is 3. The van der Waals surface area contributed by atoms with Crippen molar-refractivity contribution in [3.05, 3.63) is 60.0 Å². The summed E-state index contributed by atoms with van der Waals surface area (Å²) in [7, 11) is 0. The molecule has 0 radical (unpaired) electrons. The van der Waals surface area contributed by atoms with Crippen LogP contribution >= 0.6 is 0 Å². The van der Waals surface area contributed by atoms with Crippen molar-refractivity contribution in [2.24, 2.45) is 0 Å². The van der Waals surface area contributed by atoms with Crippen LogP contribution in [0.4, 0.5) is 5.82 Å². The summed E-state index contributed by atoms with van der Waals surface area (Å²) in [5, 5.41) is 7.59. The Hall–Kier alpha value is -2.89. The number of anilines is 1.